The molecule has 1 fully saturated rings. The van der Waals surface area contributed by atoms with Crippen molar-refractivity contribution in [3.8, 4) is 0 Å². The third kappa shape index (κ3) is 3.05. The summed E-state index contributed by atoms with van der Waals surface area (Å²) in [5.74, 6) is 0.666. The van der Waals surface area contributed by atoms with Crippen molar-refractivity contribution in [2.24, 2.45) is 5.73 Å². The highest BCUT2D eigenvalue weighted by Crippen LogP contribution is 2.15. The fourth-order valence-electron chi connectivity index (χ4n) is 2.05. The number of nitrogens with two attached hydrogens (primary N) is 1. The Morgan fingerprint density at radius 1 is 1.58 bits per heavy atom. The highest BCUT2D eigenvalue weighted by Gasteiger charge is 2.29. The summed E-state index contributed by atoms with van der Waals surface area (Å²) in [6.45, 7) is 1.29. The summed E-state index contributed by atoms with van der Waals surface area (Å²) in [7, 11) is 1.31. The highest BCUT2D eigenvalue weighted by atomic mass is 16.5. The maximum Gasteiger partial charge on any atom is 0.407 e. The molecule has 1 saturated heterocycles. The Labute approximate surface area is 110 Å². The minimum Gasteiger partial charge on any atom is -0.455 e. The maximum atomic E-state index is 12.1. The largest absolute Gasteiger partial charge is 0.455 e. The van der Waals surface area contributed by atoms with Crippen LogP contribution in [0.25, 0.3) is 0 Å². The van der Waals surface area contributed by atoms with Gasteiger partial charge in [-0.2, -0.15) is 0 Å². The Morgan fingerprint density at radius 3 is 3.00 bits per heavy atom. The number of carbonyl (C=O) groups excluding carboxylic acids is 2. The molecule has 2 amide bonds. The van der Waals surface area contributed by atoms with E-state index in [9.17, 15) is 9.59 Å². The fourth-order valence-corrected chi connectivity index (χ4v) is 2.05. The predicted molar refractivity (Wildman–Crippen MR) is 66.4 cm³/mol. The summed E-state index contributed by atoms with van der Waals surface area (Å²) < 4.78 is 9.84. The van der Waals surface area contributed by atoms with Crippen LogP contribution in [0, 0.1) is 0 Å². The Balaban J connectivity index is 1.93. The summed E-state index contributed by atoms with van der Waals surface area (Å²) in [5.41, 5.74) is 5.43. The minimum atomic E-state index is -0.484. The van der Waals surface area contributed by atoms with Gasteiger partial charge in [-0.1, -0.05) is 0 Å². The third-order valence-electron chi connectivity index (χ3n) is 3.06. The first-order chi connectivity index (χ1) is 9.13. The number of amides is 2. The minimum absolute atomic E-state index is 0.0830. The van der Waals surface area contributed by atoms with E-state index >= 15 is 0 Å². The van der Waals surface area contributed by atoms with E-state index in [1.807, 2.05) is 0 Å². The molecule has 1 aromatic heterocycles. The zero-order valence-electron chi connectivity index (χ0n) is 10.7. The summed E-state index contributed by atoms with van der Waals surface area (Å²) in [5, 5.41) is 2.68. The molecular formula is C12H17N3O4. The van der Waals surface area contributed by atoms with E-state index in [4.69, 9.17) is 10.2 Å². The van der Waals surface area contributed by atoms with Crippen molar-refractivity contribution >= 4 is 12.0 Å². The van der Waals surface area contributed by atoms with Crippen molar-refractivity contribution in [3.63, 3.8) is 0 Å². The van der Waals surface area contributed by atoms with Gasteiger partial charge < -0.3 is 25.1 Å². The number of hydrogen-bond acceptors (Lipinski definition) is 5. The van der Waals surface area contributed by atoms with Crippen molar-refractivity contribution in [2.45, 2.75) is 19.0 Å². The molecule has 3 N–H and O–H groups in total. The Bertz CT molecular complexity index is 471. The van der Waals surface area contributed by atoms with E-state index in [2.05, 4.69) is 10.1 Å². The molecule has 0 saturated carbocycles. The second kappa shape index (κ2) is 5.75. The zero-order valence-corrected chi connectivity index (χ0v) is 10.7. The summed E-state index contributed by atoms with van der Waals surface area (Å²) >= 11 is 0. The summed E-state index contributed by atoms with van der Waals surface area (Å²) in [4.78, 5) is 24.9. The second-order valence-electron chi connectivity index (χ2n) is 4.34. The van der Waals surface area contributed by atoms with Gasteiger partial charge in [0.05, 0.1) is 19.7 Å². The molecule has 1 unspecified atom stereocenters. The van der Waals surface area contributed by atoms with E-state index < -0.39 is 6.09 Å². The monoisotopic (exact) mass is 267 g/mol. The lowest BCUT2D eigenvalue weighted by molar-refractivity contribution is 0.0754. The van der Waals surface area contributed by atoms with Crippen LogP contribution in [0.1, 0.15) is 22.7 Å². The molecule has 2 rings (SSSR count). The molecule has 7 heteroatoms. The molecule has 1 aliphatic rings. The lowest BCUT2D eigenvalue weighted by atomic mass is 10.3. The van der Waals surface area contributed by atoms with Gasteiger partial charge in [0, 0.05) is 13.1 Å². The number of ether oxygens (including phenoxy) is 1. The van der Waals surface area contributed by atoms with Crippen LogP contribution in [0.15, 0.2) is 16.5 Å². The van der Waals surface area contributed by atoms with Crippen molar-refractivity contribution in [2.75, 3.05) is 20.2 Å². The van der Waals surface area contributed by atoms with Gasteiger partial charge in [0.25, 0.3) is 5.91 Å². The Hall–Kier alpha value is -2.02. The molecule has 0 radical (unpaired) electrons. The molecule has 0 bridgehead atoms. The number of rotatable bonds is 3. The smallest absolute Gasteiger partial charge is 0.407 e. The van der Waals surface area contributed by atoms with Gasteiger partial charge >= 0.3 is 6.09 Å². The van der Waals surface area contributed by atoms with Crippen LogP contribution in [0.5, 0.6) is 0 Å². The number of likely N-dealkylation sites (tertiary alicyclic amines) is 1. The number of alkyl carbamates (subject to hydrolysis) is 1. The Kier molecular flexibility index (Phi) is 4.06. The quantitative estimate of drug-likeness (QED) is 0.821. The molecule has 104 valence electrons. The average Bonchev–Trinajstić information content (AvgIpc) is 3.06. The summed E-state index contributed by atoms with van der Waals surface area (Å²) in [6, 6.07) is 3.22. The van der Waals surface area contributed by atoms with Crippen molar-refractivity contribution in [1.82, 2.24) is 10.2 Å². The number of methoxy groups -OCH3 is 1. The normalized spacial score (nSPS) is 18.4. The van der Waals surface area contributed by atoms with E-state index in [1.165, 1.54) is 7.11 Å². The molecule has 0 aromatic carbocycles. The SMILES string of the molecule is COC(=O)NC1CCN(C(=O)c2ccc(CN)o2)C1. The molecule has 1 aliphatic heterocycles. The molecule has 7 nitrogen and oxygen atoms in total. The number of furan rings is 1. The molecular weight excluding hydrogens is 250 g/mol. The first kappa shape index (κ1) is 13.4. The van der Waals surface area contributed by atoms with E-state index in [0.29, 0.717) is 25.3 Å². The van der Waals surface area contributed by atoms with Gasteiger partial charge in [-0.15, -0.1) is 0 Å². The van der Waals surface area contributed by atoms with Gasteiger partial charge in [-0.25, -0.2) is 4.79 Å². The third-order valence-corrected chi connectivity index (χ3v) is 3.06. The molecule has 2 heterocycles. The fraction of sp³-hybridized carbons (Fsp3) is 0.500. The van der Waals surface area contributed by atoms with Gasteiger partial charge in [0.15, 0.2) is 5.76 Å². The lowest BCUT2D eigenvalue weighted by Gasteiger charge is -2.15. The van der Waals surface area contributed by atoms with Crippen LogP contribution >= 0.6 is 0 Å². The second-order valence-corrected chi connectivity index (χ2v) is 4.34. The summed E-state index contributed by atoms with van der Waals surface area (Å²) in [6.07, 6.45) is 0.216. The van der Waals surface area contributed by atoms with Gasteiger partial charge in [-0.3, -0.25) is 4.79 Å². The first-order valence-corrected chi connectivity index (χ1v) is 6.06. The van der Waals surface area contributed by atoms with Crippen LogP contribution in [-0.2, 0) is 11.3 Å². The number of nitrogens with zero attached hydrogens (tertiary/aromatic N) is 1. The zero-order chi connectivity index (χ0) is 13.8. The number of carbonyl (C=O) groups is 2. The Morgan fingerprint density at radius 2 is 2.37 bits per heavy atom. The number of hydrogen-bond donors (Lipinski definition) is 2. The molecule has 19 heavy (non-hydrogen) atoms. The highest BCUT2D eigenvalue weighted by molar-refractivity contribution is 5.91. The van der Waals surface area contributed by atoms with E-state index in [-0.39, 0.29) is 24.3 Å². The van der Waals surface area contributed by atoms with Gasteiger partial charge in [0.2, 0.25) is 0 Å². The van der Waals surface area contributed by atoms with Crippen LogP contribution < -0.4 is 11.1 Å². The topological polar surface area (TPSA) is 97.8 Å². The van der Waals surface area contributed by atoms with Crippen LogP contribution in [-0.4, -0.2) is 43.1 Å². The molecule has 0 spiro atoms. The first-order valence-electron chi connectivity index (χ1n) is 6.06. The standard InChI is InChI=1S/C12H17N3O4/c1-18-12(17)14-8-4-5-15(7-8)11(16)10-3-2-9(6-13)19-10/h2-3,8H,4-7,13H2,1H3,(H,14,17). The van der Waals surface area contributed by atoms with Crippen LogP contribution in [0.2, 0.25) is 0 Å². The van der Waals surface area contributed by atoms with Crippen LogP contribution in [0.4, 0.5) is 4.79 Å². The molecule has 1 atom stereocenters. The number of nitrogens with one attached hydrogen (secondary N) is 1. The van der Waals surface area contributed by atoms with E-state index in [0.717, 1.165) is 0 Å². The van der Waals surface area contributed by atoms with E-state index in [1.54, 1.807) is 17.0 Å². The van der Waals surface area contributed by atoms with Crippen molar-refractivity contribution in [3.05, 3.63) is 23.7 Å². The van der Waals surface area contributed by atoms with Crippen LogP contribution in [0.3, 0.4) is 0 Å². The lowest BCUT2D eigenvalue weighted by Crippen LogP contribution is -2.38. The van der Waals surface area contributed by atoms with Gasteiger partial charge in [-0.05, 0) is 18.6 Å². The predicted octanol–water partition coefficient (Wildman–Crippen LogP) is 0.309. The van der Waals surface area contributed by atoms with Gasteiger partial charge in [0.1, 0.15) is 5.76 Å². The maximum absolute atomic E-state index is 12.1. The molecule has 1 aromatic rings. The molecule has 0 aliphatic carbocycles. The van der Waals surface area contributed by atoms with Crippen molar-refractivity contribution in [1.29, 1.82) is 0 Å². The average molecular weight is 267 g/mol. The van der Waals surface area contributed by atoms with Crippen molar-refractivity contribution < 1.29 is 18.7 Å².